The second kappa shape index (κ2) is 6.60. The molecule has 5 heteroatoms. The summed E-state index contributed by atoms with van der Waals surface area (Å²) in [6.45, 7) is 3.86. The zero-order valence-corrected chi connectivity index (χ0v) is 13.6. The minimum atomic E-state index is -3.53. The molecule has 2 aromatic carbocycles. The second-order valence-electron chi connectivity index (χ2n) is 4.95. The van der Waals surface area contributed by atoms with Crippen LogP contribution in [0.3, 0.4) is 0 Å². The van der Waals surface area contributed by atoms with Crippen LogP contribution >= 0.6 is 11.6 Å². The number of benzene rings is 2. The predicted molar refractivity (Wildman–Crippen MR) is 86.0 cm³/mol. The zero-order valence-electron chi connectivity index (χ0n) is 12.0. The van der Waals surface area contributed by atoms with Gasteiger partial charge in [-0.3, -0.25) is 0 Å². The number of rotatable bonds is 5. The molecule has 112 valence electrons. The molecule has 0 aliphatic heterocycles. The van der Waals surface area contributed by atoms with E-state index in [0.717, 1.165) is 11.1 Å². The fraction of sp³-hybridized carbons (Fsp3) is 0.250. The van der Waals surface area contributed by atoms with Crippen molar-refractivity contribution in [2.45, 2.75) is 31.2 Å². The van der Waals surface area contributed by atoms with Crippen molar-refractivity contribution in [1.82, 2.24) is 4.72 Å². The Morgan fingerprint density at radius 3 is 2.14 bits per heavy atom. The molecule has 21 heavy (non-hydrogen) atoms. The highest BCUT2D eigenvalue weighted by Gasteiger charge is 2.20. The van der Waals surface area contributed by atoms with Gasteiger partial charge >= 0.3 is 0 Å². The van der Waals surface area contributed by atoms with E-state index in [-0.39, 0.29) is 10.9 Å². The van der Waals surface area contributed by atoms with Crippen LogP contribution in [0.5, 0.6) is 0 Å². The molecule has 0 fully saturated rings. The van der Waals surface area contributed by atoms with Gasteiger partial charge in [0.15, 0.2) is 0 Å². The van der Waals surface area contributed by atoms with E-state index in [1.165, 1.54) is 0 Å². The van der Waals surface area contributed by atoms with Gasteiger partial charge in [-0.2, -0.15) is 0 Å². The zero-order chi connectivity index (χ0) is 15.5. The van der Waals surface area contributed by atoms with E-state index in [1.807, 2.05) is 26.0 Å². The molecule has 0 aromatic heterocycles. The average molecular weight is 324 g/mol. The van der Waals surface area contributed by atoms with Gasteiger partial charge in [-0.15, -0.1) is 0 Å². The Morgan fingerprint density at radius 1 is 1.05 bits per heavy atom. The van der Waals surface area contributed by atoms with Crippen LogP contribution in [0.1, 0.15) is 30.5 Å². The van der Waals surface area contributed by atoms with Gasteiger partial charge < -0.3 is 0 Å². The smallest absolute Gasteiger partial charge is 0.207 e. The lowest BCUT2D eigenvalue weighted by Crippen LogP contribution is -2.28. The molecule has 0 spiro atoms. The van der Waals surface area contributed by atoms with Gasteiger partial charge in [-0.05, 0) is 43.2 Å². The number of hydrogen-bond donors (Lipinski definition) is 1. The third kappa shape index (κ3) is 4.06. The lowest BCUT2D eigenvalue weighted by Gasteiger charge is -2.17. The van der Waals surface area contributed by atoms with Crippen LogP contribution < -0.4 is 4.72 Å². The van der Waals surface area contributed by atoms with E-state index >= 15 is 0 Å². The summed E-state index contributed by atoms with van der Waals surface area (Å²) in [6, 6.07) is 13.8. The quantitative estimate of drug-likeness (QED) is 0.901. The van der Waals surface area contributed by atoms with Crippen molar-refractivity contribution in [3.63, 3.8) is 0 Å². The minimum Gasteiger partial charge on any atom is -0.207 e. The Kier molecular flexibility index (Phi) is 5.04. The van der Waals surface area contributed by atoms with Crippen LogP contribution in [-0.4, -0.2) is 8.42 Å². The van der Waals surface area contributed by atoms with Gasteiger partial charge in [-0.25, -0.2) is 13.1 Å². The number of nitrogens with one attached hydrogen (secondary N) is 1. The van der Waals surface area contributed by atoms with Gasteiger partial charge in [0.1, 0.15) is 0 Å². The van der Waals surface area contributed by atoms with Crippen molar-refractivity contribution >= 4 is 21.6 Å². The van der Waals surface area contributed by atoms with E-state index in [0.29, 0.717) is 11.4 Å². The number of sulfonamides is 1. The fourth-order valence-electron chi connectivity index (χ4n) is 2.05. The second-order valence-corrected chi connectivity index (χ2v) is 7.10. The van der Waals surface area contributed by atoms with E-state index in [2.05, 4.69) is 4.72 Å². The summed E-state index contributed by atoms with van der Waals surface area (Å²) in [5.41, 5.74) is 1.93. The van der Waals surface area contributed by atoms with Gasteiger partial charge in [0.2, 0.25) is 10.0 Å². The molecule has 1 N–H and O–H groups in total. The molecule has 0 bridgehead atoms. The van der Waals surface area contributed by atoms with E-state index in [9.17, 15) is 8.42 Å². The Hall–Kier alpha value is -1.36. The lowest BCUT2D eigenvalue weighted by atomic mass is 10.1. The Morgan fingerprint density at radius 2 is 1.62 bits per heavy atom. The summed E-state index contributed by atoms with van der Waals surface area (Å²) in [7, 11) is -3.53. The van der Waals surface area contributed by atoms with Crippen LogP contribution in [-0.2, 0) is 10.0 Å². The van der Waals surface area contributed by atoms with E-state index in [4.69, 9.17) is 11.6 Å². The Labute approximate surface area is 131 Å². The van der Waals surface area contributed by atoms with Crippen LogP contribution in [0, 0.1) is 6.92 Å². The SMILES string of the molecule is CC[C@H](NS(=O)(=O)c1ccc(C)cc1)c1ccc(Cl)cc1. The first-order valence-corrected chi connectivity index (χ1v) is 8.63. The third-order valence-corrected chi connectivity index (χ3v) is 5.05. The van der Waals surface area contributed by atoms with Crippen molar-refractivity contribution in [3.8, 4) is 0 Å². The topological polar surface area (TPSA) is 46.2 Å². The highest BCUT2D eigenvalue weighted by molar-refractivity contribution is 7.89. The maximum atomic E-state index is 12.4. The predicted octanol–water partition coefficient (Wildman–Crippen LogP) is 4.08. The highest BCUT2D eigenvalue weighted by atomic mass is 35.5. The van der Waals surface area contributed by atoms with Gasteiger partial charge in [0.25, 0.3) is 0 Å². The molecule has 0 saturated heterocycles. The summed E-state index contributed by atoms with van der Waals surface area (Å²) in [4.78, 5) is 0.278. The van der Waals surface area contributed by atoms with Crippen molar-refractivity contribution in [2.24, 2.45) is 0 Å². The Bertz CT molecular complexity index is 694. The fourth-order valence-corrected chi connectivity index (χ4v) is 3.49. The van der Waals surface area contributed by atoms with Gasteiger partial charge in [0, 0.05) is 11.1 Å². The molecule has 0 aliphatic rings. The molecule has 0 radical (unpaired) electrons. The minimum absolute atomic E-state index is 0.270. The first-order chi connectivity index (χ1) is 9.92. The van der Waals surface area contributed by atoms with Gasteiger partial charge in [-0.1, -0.05) is 48.4 Å². The average Bonchev–Trinajstić information content (AvgIpc) is 2.46. The maximum absolute atomic E-state index is 12.4. The summed E-state index contributed by atoms with van der Waals surface area (Å²) in [6.07, 6.45) is 0.659. The molecule has 3 nitrogen and oxygen atoms in total. The van der Waals surface area contributed by atoms with Crippen LogP contribution in [0.4, 0.5) is 0 Å². The van der Waals surface area contributed by atoms with Gasteiger partial charge in [0.05, 0.1) is 4.90 Å². The van der Waals surface area contributed by atoms with Crippen molar-refractivity contribution in [3.05, 3.63) is 64.7 Å². The third-order valence-electron chi connectivity index (χ3n) is 3.31. The lowest BCUT2D eigenvalue weighted by molar-refractivity contribution is 0.550. The molecule has 2 aromatic rings. The molecular weight excluding hydrogens is 306 g/mol. The number of halogens is 1. The summed E-state index contributed by atoms with van der Waals surface area (Å²) >= 11 is 5.86. The largest absolute Gasteiger partial charge is 0.241 e. The molecule has 2 rings (SSSR count). The first kappa shape index (κ1) is 16.0. The van der Waals surface area contributed by atoms with Crippen molar-refractivity contribution < 1.29 is 8.42 Å². The first-order valence-electron chi connectivity index (χ1n) is 6.77. The van der Waals surface area contributed by atoms with E-state index < -0.39 is 10.0 Å². The van der Waals surface area contributed by atoms with Crippen LogP contribution in [0.15, 0.2) is 53.4 Å². The molecule has 0 heterocycles. The number of aryl methyl sites for hydroxylation is 1. The molecule has 0 saturated carbocycles. The monoisotopic (exact) mass is 323 g/mol. The van der Waals surface area contributed by atoms with E-state index in [1.54, 1.807) is 36.4 Å². The molecule has 0 unspecified atom stereocenters. The van der Waals surface area contributed by atoms with Crippen LogP contribution in [0.2, 0.25) is 5.02 Å². The van der Waals surface area contributed by atoms with Crippen LogP contribution in [0.25, 0.3) is 0 Å². The maximum Gasteiger partial charge on any atom is 0.241 e. The summed E-state index contributed by atoms with van der Waals surface area (Å²) < 4.78 is 27.6. The molecule has 0 amide bonds. The van der Waals surface area contributed by atoms with Crippen molar-refractivity contribution in [1.29, 1.82) is 0 Å². The molecule has 1 atom stereocenters. The normalized spacial score (nSPS) is 13.1. The van der Waals surface area contributed by atoms with Crippen molar-refractivity contribution in [2.75, 3.05) is 0 Å². The Balaban J connectivity index is 2.24. The number of hydrogen-bond acceptors (Lipinski definition) is 2. The molecular formula is C16H18ClNO2S. The highest BCUT2D eigenvalue weighted by Crippen LogP contribution is 2.22. The summed E-state index contributed by atoms with van der Waals surface area (Å²) in [5, 5.41) is 0.634. The standard InChI is InChI=1S/C16H18ClNO2S/c1-3-16(13-6-8-14(17)9-7-13)18-21(19,20)15-10-4-12(2)5-11-15/h4-11,16,18H,3H2,1-2H3/t16-/m0/s1. The summed E-state index contributed by atoms with van der Waals surface area (Å²) in [5.74, 6) is 0. The molecule has 0 aliphatic carbocycles.